The van der Waals surface area contributed by atoms with Crippen LogP contribution in [-0.2, 0) is 4.79 Å². The summed E-state index contributed by atoms with van der Waals surface area (Å²) < 4.78 is 5.86. The minimum atomic E-state index is 0. The molecule has 0 spiro atoms. The van der Waals surface area contributed by atoms with Crippen LogP contribution in [0.3, 0.4) is 0 Å². The fourth-order valence-corrected chi connectivity index (χ4v) is 2.96. The molecule has 1 atom stereocenters. The number of rotatable bonds is 7. The van der Waals surface area contributed by atoms with Crippen LogP contribution < -0.4 is 15.4 Å². The van der Waals surface area contributed by atoms with E-state index >= 15 is 0 Å². The van der Waals surface area contributed by atoms with Gasteiger partial charge in [-0.05, 0) is 31.0 Å². The second kappa shape index (κ2) is 10.1. The van der Waals surface area contributed by atoms with Crippen molar-refractivity contribution < 1.29 is 9.53 Å². The van der Waals surface area contributed by atoms with Crippen molar-refractivity contribution >= 4 is 18.3 Å². The largest absolute Gasteiger partial charge is 0.492 e. The van der Waals surface area contributed by atoms with Crippen LogP contribution in [0.4, 0.5) is 0 Å². The quantitative estimate of drug-likeness (QED) is 0.795. The van der Waals surface area contributed by atoms with Crippen LogP contribution in [0.5, 0.6) is 5.75 Å². The Morgan fingerprint density at radius 1 is 1.12 bits per heavy atom. The molecule has 1 unspecified atom stereocenters. The van der Waals surface area contributed by atoms with Crippen molar-refractivity contribution in [1.29, 1.82) is 0 Å². The molecule has 2 aromatic rings. The average Bonchev–Trinajstić information content (AvgIpc) is 3.15. The van der Waals surface area contributed by atoms with Crippen molar-refractivity contribution in [2.45, 2.75) is 25.3 Å². The van der Waals surface area contributed by atoms with Crippen LogP contribution in [0.1, 0.15) is 19.3 Å². The number of ether oxygens (including phenoxy) is 1. The highest BCUT2D eigenvalue weighted by Gasteiger charge is 2.14. The first-order chi connectivity index (χ1) is 11.8. The third-order valence-electron chi connectivity index (χ3n) is 4.27. The maximum atomic E-state index is 11.9. The van der Waals surface area contributed by atoms with Gasteiger partial charge in [0, 0.05) is 18.2 Å². The lowest BCUT2D eigenvalue weighted by Crippen LogP contribution is -2.37. The van der Waals surface area contributed by atoms with Gasteiger partial charge in [0.25, 0.3) is 0 Å². The highest BCUT2D eigenvalue weighted by molar-refractivity contribution is 5.85. The van der Waals surface area contributed by atoms with E-state index in [2.05, 4.69) is 22.8 Å². The first-order valence-electron chi connectivity index (χ1n) is 8.60. The number of nitrogens with one attached hydrogen (secondary N) is 2. The Bertz CT molecular complexity index is 658. The molecular formula is C20H25ClN2O2. The predicted octanol–water partition coefficient (Wildman–Crippen LogP) is 3.41. The van der Waals surface area contributed by atoms with Gasteiger partial charge in [-0.3, -0.25) is 4.79 Å². The van der Waals surface area contributed by atoms with Crippen LogP contribution in [-0.4, -0.2) is 31.6 Å². The highest BCUT2D eigenvalue weighted by atomic mass is 35.5. The fourth-order valence-electron chi connectivity index (χ4n) is 2.96. The molecule has 0 aromatic heterocycles. The zero-order chi connectivity index (χ0) is 16.6. The molecule has 2 aromatic carbocycles. The Kier molecular flexibility index (Phi) is 7.76. The number of amides is 1. The van der Waals surface area contributed by atoms with E-state index < -0.39 is 0 Å². The van der Waals surface area contributed by atoms with E-state index in [0.29, 0.717) is 25.6 Å². The highest BCUT2D eigenvalue weighted by Crippen LogP contribution is 2.29. The normalized spacial score (nSPS) is 16.1. The fraction of sp³-hybridized carbons (Fsp3) is 0.350. The zero-order valence-electron chi connectivity index (χ0n) is 14.2. The van der Waals surface area contributed by atoms with Crippen LogP contribution in [0.2, 0.25) is 0 Å². The molecular weight excluding hydrogens is 336 g/mol. The topological polar surface area (TPSA) is 50.4 Å². The number of carbonyl (C=O) groups excluding carboxylic acids is 1. The Labute approximate surface area is 155 Å². The average molecular weight is 361 g/mol. The van der Waals surface area contributed by atoms with Crippen LogP contribution >= 0.6 is 12.4 Å². The molecule has 0 saturated carbocycles. The summed E-state index contributed by atoms with van der Waals surface area (Å²) in [7, 11) is 0. The first kappa shape index (κ1) is 19.3. The number of benzene rings is 2. The molecule has 134 valence electrons. The van der Waals surface area contributed by atoms with Crippen molar-refractivity contribution in [3.8, 4) is 16.9 Å². The number of hydrogen-bond donors (Lipinski definition) is 2. The molecule has 0 bridgehead atoms. The molecule has 0 radical (unpaired) electrons. The van der Waals surface area contributed by atoms with Gasteiger partial charge in [0.15, 0.2) is 0 Å². The van der Waals surface area contributed by atoms with Gasteiger partial charge in [0.2, 0.25) is 5.91 Å². The van der Waals surface area contributed by atoms with Gasteiger partial charge in [-0.2, -0.15) is 0 Å². The maximum absolute atomic E-state index is 11.9. The van der Waals surface area contributed by atoms with E-state index in [1.807, 2.05) is 42.5 Å². The van der Waals surface area contributed by atoms with Crippen LogP contribution in [0, 0.1) is 0 Å². The summed E-state index contributed by atoms with van der Waals surface area (Å²) in [6, 6.07) is 18.5. The third-order valence-corrected chi connectivity index (χ3v) is 4.27. The Balaban J connectivity index is 0.00000225. The van der Waals surface area contributed by atoms with E-state index in [9.17, 15) is 4.79 Å². The number of hydrogen-bond acceptors (Lipinski definition) is 3. The van der Waals surface area contributed by atoms with Crippen molar-refractivity contribution in [3.05, 3.63) is 54.6 Å². The van der Waals surface area contributed by atoms with Crippen molar-refractivity contribution in [2.75, 3.05) is 19.7 Å². The number of para-hydroxylation sites is 1. The number of halogens is 1. The van der Waals surface area contributed by atoms with E-state index in [1.165, 1.54) is 6.42 Å². The minimum absolute atomic E-state index is 0. The van der Waals surface area contributed by atoms with Crippen molar-refractivity contribution in [1.82, 2.24) is 10.6 Å². The van der Waals surface area contributed by atoms with Gasteiger partial charge in [0.1, 0.15) is 5.75 Å². The smallest absolute Gasteiger partial charge is 0.223 e. The summed E-state index contributed by atoms with van der Waals surface area (Å²) in [4.78, 5) is 11.9. The summed E-state index contributed by atoms with van der Waals surface area (Å²) in [5, 5.41) is 6.35. The van der Waals surface area contributed by atoms with Gasteiger partial charge < -0.3 is 15.4 Å². The van der Waals surface area contributed by atoms with Crippen molar-refractivity contribution in [2.24, 2.45) is 0 Å². The molecule has 5 heteroatoms. The summed E-state index contributed by atoms with van der Waals surface area (Å²) >= 11 is 0. The first-order valence-corrected chi connectivity index (χ1v) is 8.60. The molecule has 1 aliphatic heterocycles. The molecule has 1 amide bonds. The third kappa shape index (κ3) is 5.76. The SMILES string of the molecule is Cl.O=C(CCOc1ccccc1-c1ccccc1)NCC1CCCN1. The van der Waals surface area contributed by atoms with Gasteiger partial charge in [-0.1, -0.05) is 48.5 Å². The van der Waals surface area contributed by atoms with Crippen molar-refractivity contribution in [3.63, 3.8) is 0 Å². The summed E-state index contributed by atoms with van der Waals surface area (Å²) in [5.74, 6) is 0.856. The Morgan fingerprint density at radius 2 is 1.88 bits per heavy atom. The monoisotopic (exact) mass is 360 g/mol. The minimum Gasteiger partial charge on any atom is -0.492 e. The van der Waals surface area contributed by atoms with Gasteiger partial charge in [0.05, 0.1) is 13.0 Å². The second-order valence-corrected chi connectivity index (χ2v) is 6.06. The molecule has 1 saturated heterocycles. The Hall–Kier alpha value is -2.04. The standard InChI is InChI=1S/C20H24N2O2.ClH/c23-20(22-15-17-9-6-13-21-17)12-14-24-19-11-5-4-10-18(19)16-7-2-1-3-8-16;/h1-5,7-8,10-11,17,21H,6,9,12-15H2,(H,22,23);1H. The second-order valence-electron chi connectivity index (χ2n) is 6.06. The summed E-state index contributed by atoms with van der Waals surface area (Å²) in [6.07, 6.45) is 2.71. The molecule has 0 aliphatic carbocycles. The summed E-state index contributed by atoms with van der Waals surface area (Å²) in [5.41, 5.74) is 2.17. The lowest BCUT2D eigenvalue weighted by atomic mass is 10.1. The van der Waals surface area contributed by atoms with Crippen LogP contribution in [0.25, 0.3) is 11.1 Å². The predicted molar refractivity (Wildman–Crippen MR) is 103 cm³/mol. The van der Waals surface area contributed by atoms with E-state index in [4.69, 9.17) is 4.74 Å². The molecule has 1 fully saturated rings. The molecule has 1 aliphatic rings. The van der Waals surface area contributed by atoms with E-state index in [1.54, 1.807) is 0 Å². The molecule has 25 heavy (non-hydrogen) atoms. The molecule has 3 rings (SSSR count). The van der Waals surface area contributed by atoms with E-state index in [-0.39, 0.29) is 18.3 Å². The lowest BCUT2D eigenvalue weighted by Gasteiger charge is -2.13. The molecule has 2 N–H and O–H groups in total. The van der Waals surface area contributed by atoms with Gasteiger partial charge in [-0.15, -0.1) is 12.4 Å². The number of carbonyl (C=O) groups is 1. The van der Waals surface area contributed by atoms with Gasteiger partial charge in [-0.25, -0.2) is 0 Å². The molecule has 4 nitrogen and oxygen atoms in total. The Morgan fingerprint density at radius 3 is 2.64 bits per heavy atom. The zero-order valence-corrected chi connectivity index (χ0v) is 15.1. The van der Waals surface area contributed by atoms with Gasteiger partial charge >= 0.3 is 0 Å². The summed E-state index contributed by atoms with van der Waals surface area (Å²) in [6.45, 7) is 2.15. The maximum Gasteiger partial charge on any atom is 0.223 e. The lowest BCUT2D eigenvalue weighted by molar-refractivity contribution is -0.121. The molecule has 1 heterocycles. The van der Waals surface area contributed by atoms with Crippen LogP contribution in [0.15, 0.2) is 54.6 Å². The van der Waals surface area contributed by atoms with E-state index in [0.717, 1.165) is 29.8 Å².